The molecule has 0 spiro atoms. The molecule has 0 unspecified atom stereocenters. The summed E-state index contributed by atoms with van der Waals surface area (Å²) in [4.78, 5) is 9.59. The van der Waals surface area contributed by atoms with Crippen molar-refractivity contribution in [3.63, 3.8) is 0 Å². The summed E-state index contributed by atoms with van der Waals surface area (Å²) < 4.78 is 0. The van der Waals surface area contributed by atoms with Crippen LogP contribution in [0.3, 0.4) is 0 Å². The van der Waals surface area contributed by atoms with E-state index < -0.39 is 5.97 Å². The monoisotopic (exact) mass is 296 g/mol. The second kappa shape index (κ2) is 15.6. The van der Waals surface area contributed by atoms with Crippen LogP contribution in [0.1, 0.15) is 27.2 Å². The zero-order valence-corrected chi connectivity index (χ0v) is 10.6. The van der Waals surface area contributed by atoms with Crippen molar-refractivity contribution in [2.75, 3.05) is 19.6 Å². The van der Waals surface area contributed by atoms with Gasteiger partial charge in [0.25, 0.3) is 0 Å². The van der Waals surface area contributed by atoms with Crippen molar-refractivity contribution < 1.29 is 32.3 Å². The Morgan fingerprint density at radius 1 is 1.43 bits per heavy atom. The van der Waals surface area contributed by atoms with Crippen LogP contribution < -0.4 is 16.2 Å². The maximum atomic E-state index is 9.59. The molecule has 0 heterocycles. The number of carbonyl (C=O) groups is 1. The molecule has 0 radical (unpaired) electrons. The van der Waals surface area contributed by atoms with Gasteiger partial charge in [0.1, 0.15) is 0 Å². The molecule has 3 N–H and O–H groups in total. The van der Waals surface area contributed by atoms with Crippen LogP contribution in [-0.2, 0) is 27.2 Å². The summed E-state index contributed by atoms with van der Waals surface area (Å²) in [5, 5.41) is 12.7. The Morgan fingerprint density at radius 2 is 1.86 bits per heavy atom. The van der Waals surface area contributed by atoms with Crippen molar-refractivity contribution in [2.24, 2.45) is 11.7 Å². The van der Waals surface area contributed by atoms with Crippen LogP contribution in [0.2, 0.25) is 0 Å². The number of carboxylic acid groups (broad SMARTS) is 1. The molecule has 0 aromatic heterocycles. The SMILES string of the molecule is CC(C)C(=O)[O-].CCCNCCN.[Ag+]. The molecule has 90 valence electrons. The molecule has 0 aliphatic heterocycles. The molecule has 5 heteroatoms. The van der Waals surface area contributed by atoms with E-state index >= 15 is 0 Å². The van der Waals surface area contributed by atoms with E-state index in [0.717, 1.165) is 19.6 Å². The standard InChI is InChI=1S/C5H14N2.C4H8O2.Ag/c1-2-4-7-5-3-6;1-3(2)4(5)6;/h7H,2-6H2,1H3;3H,1-2H3,(H,5,6);/q;;+1/p-1. The first-order chi connectivity index (χ1) is 6.06. The topological polar surface area (TPSA) is 78.2 Å². The van der Waals surface area contributed by atoms with Gasteiger partial charge in [-0.15, -0.1) is 0 Å². The van der Waals surface area contributed by atoms with Crippen molar-refractivity contribution in [1.82, 2.24) is 5.32 Å². The van der Waals surface area contributed by atoms with E-state index in [0.29, 0.717) is 0 Å². The summed E-state index contributed by atoms with van der Waals surface area (Å²) in [6.07, 6.45) is 1.19. The number of carboxylic acids is 1. The van der Waals surface area contributed by atoms with Crippen molar-refractivity contribution in [2.45, 2.75) is 27.2 Å². The third-order valence-electron chi connectivity index (χ3n) is 1.22. The van der Waals surface area contributed by atoms with Crippen LogP contribution in [0.4, 0.5) is 0 Å². The Bertz CT molecular complexity index is 117. The van der Waals surface area contributed by atoms with Crippen molar-refractivity contribution >= 4 is 5.97 Å². The fourth-order valence-electron chi connectivity index (χ4n) is 0.404. The Labute approximate surface area is 102 Å². The van der Waals surface area contributed by atoms with Crippen LogP contribution >= 0.6 is 0 Å². The van der Waals surface area contributed by atoms with Gasteiger partial charge < -0.3 is 21.0 Å². The van der Waals surface area contributed by atoms with E-state index in [-0.39, 0.29) is 28.3 Å². The van der Waals surface area contributed by atoms with Crippen molar-refractivity contribution in [3.05, 3.63) is 0 Å². The summed E-state index contributed by atoms with van der Waals surface area (Å²) in [6.45, 7) is 8.10. The molecule has 0 fully saturated rings. The average molecular weight is 297 g/mol. The largest absolute Gasteiger partial charge is 1.00 e. The van der Waals surface area contributed by atoms with Crippen LogP contribution in [-0.4, -0.2) is 25.6 Å². The van der Waals surface area contributed by atoms with E-state index in [4.69, 9.17) is 5.73 Å². The van der Waals surface area contributed by atoms with E-state index in [9.17, 15) is 9.90 Å². The predicted molar refractivity (Wildman–Crippen MR) is 52.1 cm³/mol. The van der Waals surface area contributed by atoms with Gasteiger partial charge in [-0.2, -0.15) is 0 Å². The van der Waals surface area contributed by atoms with Gasteiger partial charge >= 0.3 is 22.4 Å². The van der Waals surface area contributed by atoms with E-state index in [1.165, 1.54) is 6.42 Å². The zero-order valence-electron chi connectivity index (χ0n) is 9.10. The number of hydrogen-bond donors (Lipinski definition) is 2. The summed E-state index contributed by atoms with van der Waals surface area (Å²) in [5.74, 6) is -1.33. The molecule has 0 saturated heterocycles. The minimum absolute atomic E-state index is 0. The minimum Gasteiger partial charge on any atom is -0.550 e. The van der Waals surface area contributed by atoms with Gasteiger partial charge in [0.15, 0.2) is 0 Å². The van der Waals surface area contributed by atoms with Gasteiger partial charge in [-0.25, -0.2) is 0 Å². The first-order valence-corrected chi connectivity index (χ1v) is 4.67. The maximum Gasteiger partial charge on any atom is 1.00 e. The molecule has 0 aliphatic carbocycles. The molecule has 0 bridgehead atoms. The second-order valence-corrected chi connectivity index (χ2v) is 3.01. The molecule has 0 aromatic rings. The average Bonchev–Trinajstić information content (AvgIpc) is 2.06. The third kappa shape index (κ3) is 22.7. The number of nitrogens with one attached hydrogen (secondary N) is 1. The van der Waals surface area contributed by atoms with Gasteiger partial charge in [0.05, 0.1) is 0 Å². The van der Waals surface area contributed by atoms with E-state index in [1.54, 1.807) is 13.8 Å². The first kappa shape index (κ1) is 19.7. The number of nitrogens with two attached hydrogens (primary N) is 1. The molecule has 14 heavy (non-hydrogen) atoms. The molecule has 0 saturated carbocycles. The van der Waals surface area contributed by atoms with Gasteiger partial charge in [-0.05, 0) is 18.9 Å². The summed E-state index contributed by atoms with van der Waals surface area (Å²) >= 11 is 0. The molecule has 0 amide bonds. The van der Waals surface area contributed by atoms with Crippen LogP contribution in [0.15, 0.2) is 0 Å². The Hall–Kier alpha value is 0.130. The Morgan fingerprint density at radius 3 is 2.07 bits per heavy atom. The number of aliphatic carboxylic acids is 1. The van der Waals surface area contributed by atoms with E-state index in [1.807, 2.05) is 0 Å². The Balaban J connectivity index is -0.000000163. The van der Waals surface area contributed by atoms with Gasteiger partial charge in [0, 0.05) is 19.1 Å². The number of carbonyl (C=O) groups excluding carboxylic acids is 1. The van der Waals surface area contributed by atoms with Crippen LogP contribution in [0.5, 0.6) is 0 Å². The zero-order chi connectivity index (χ0) is 10.7. The molecular formula is C9H21AgN2O2. The Kier molecular flexibility index (Phi) is 21.9. The van der Waals surface area contributed by atoms with Crippen LogP contribution in [0, 0.1) is 5.92 Å². The van der Waals surface area contributed by atoms with Crippen molar-refractivity contribution in [1.29, 1.82) is 0 Å². The first-order valence-electron chi connectivity index (χ1n) is 4.67. The van der Waals surface area contributed by atoms with Gasteiger partial charge in [-0.3, -0.25) is 0 Å². The smallest absolute Gasteiger partial charge is 0.550 e. The molecule has 4 nitrogen and oxygen atoms in total. The number of rotatable bonds is 5. The molecule has 0 aliphatic rings. The number of hydrogen-bond acceptors (Lipinski definition) is 4. The summed E-state index contributed by atoms with van der Waals surface area (Å²) in [5.41, 5.74) is 5.21. The maximum absolute atomic E-state index is 9.59. The van der Waals surface area contributed by atoms with Gasteiger partial charge in [-0.1, -0.05) is 20.8 Å². The van der Waals surface area contributed by atoms with E-state index in [2.05, 4.69) is 12.2 Å². The minimum atomic E-state index is -0.991. The van der Waals surface area contributed by atoms with Gasteiger partial charge in [0.2, 0.25) is 0 Å². The molecular weight excluding hydrogens is 276 g/mol. The summed E-state index contributed by atoms with van der Waals surface area (Å²) in [6, 6.07) is 0. The quantitative estimate of drug-likeness (QED) is 0.521. The molecule has 0 rings (SSSR count). The summed E-state index contributed by atoms with van der Waals surface area (Å²) in [7, 11) is 0. The molecule has 0 atom stereocenters. The fraction of sp³-hybridized carbons (Fsp3) is 0.889. The second-order valence-electron chi connectivity index (χ2n) is 3.01. The molecule has 0 aromatic carbocycles. The third-order valence-corrected chi connectivity index (χ3v) is 1.22. The van der Waals surface area contributed by atoms with Crippen molar-refractivity contribution in [3.8, 4) is 0 Å². The van der Waals surface area contributed by atoms with Crippen LogP contribution in [0.25, 0.3) is 0 Å². The fourth-order valence-corrected chi connectivity index (χ4v) is 0.404. The predicted octanol–water partition coefficient (Wildman–Crippen LogP) is -0.665. The normalized spacial score (nSPS) is 8.64.